The van der Waals surface area contributed by atoms with Gasteiger partial charge in [0.25, 0.3) is 0 Å². The molecule has 0 aliphatic rings. The Morgan fingerprint density at radius 1 is 1.35 bits per heavy atom. The van der Waals surface area contributed by atoms with Gasteiger partial charge in [0.2, 0.25) is 5.95 Å². The lowest BCUT2D eigenvalue weighted by atomic mass is 10.1. The molecular weight excluding hydrogens is 219 g/mol. The van der Waals surface area contributed by atoms with Gasteiger partial charge in [-0.25, -0.2) is 9.37 Å². The molecule has 0 aromatic carbocycles. The minimum Gasteiger partial charge on any atom is -0.354 e. The molecule has 1 heterocycles. The van der Waals surface area contributed by atoms with E-state index in [1.54, 1.807) is 0 Å². The van der Waals surface area contributed by atoms with Crippen LogP contribution in [0.3, 0.4) is 0 Å². The van der Waals surface area contributed by atoms with E-state index in [2.05, 4.69) is 29.1 Å². The second kappa shape index (κ2) is 6.37. The molecule has 0 saturated heterocycles. The van der Waals surface area contributed by atoms with Crippen LogP contribution < -0.4 is 10.2 Å². The van der Waals surface area contributed by atoms with Crippen molar-refractivity contribution in [2.75, 3.05) is 23.8 Å². The molecule has 0 saturated carbocycles. The van der Waals surface area contributed by atoms with Crippen molar-refractivity contribution in [2.24, 2.45) is 0 Å². The molecule has 1 aromatic rings. The Hall–Kier alpha value is -1.39. The number of anilines is 2. The average Bonchev–Trinajstić information content (AvgIpc) is 2.33. The van der Waals surface area contributed by atoms with E-state index in [0.29, 0.717) is 17.8 Å². The van der Waals surface area contributed by atoms with Crippen LogP contribution >= 0.6 is 0 Å². The van der Waals surface area contributed by atoms with Gasteiger partial charge in [0.1, 0.15) is 0 Å². The van der Waals surface area contributed by atoms with Crippen LogP contribution in [0.25, 0.3) is 0 Å². The maximum atomic E-state index is 13.7. The molecule has 0 amide bonds. The van der Waals surface area contributed by atoms with Crippen molar-refractivity contribution >= 4 is 11.8 Å². The molecule has 0 aliphatic heterocycles. The lowest BCUT2D eigenvalue weighted by Crippen LogP contribution is -2.32. The molecule has 0 unspecified atom stereocenters. The number of hydrogen-bond acceptors (Lipinski definition) is 4. The van der Waals surface area contributed by atoms with Crippen molar-refractivity contribution in [1.82, 2.24) is 9.97 Å². The molecular formula is C12H21FN4. The van der Waals surface area contributed by atoms with Gasteiger partial charge in [-0.05, 0) is 19.8 Å². The van der Waals surface area contributed by atoms with E-state index in [4.69, 9.17) is 0 Å². The van der Waals surface area contributed by atoms with Crippen LogP contribution in [-0.2, 0) is 0 Å². The van der Waals surface area contributed by atoms with Gasteiger partial charge in [0.05, 0.1) is 6.20 Å². The van der Waals surface area contributed by atoms with E-state index in [1.165, 1.54) is 6.20 Å². The van der Waals surface area contributed by atoms with Gasteiger partial charge >= 0.3 is 0 Å². The molecule has 0 spiro atoms. The van der Waals surface area contributed by atoms with Crippen molar-refractivity contribution in [1.29, 1.82) is 0 Å². The summed E-state index contributed by atoms with van der Waals surface area (Å²) in [6.07, 6.45) is 3.15. The van der Waals surface area contributed by atoms with Gasteiger partial charge in [0.15, 0.2) is 11.6 Å². The minimum atomic E-state index is -0.374. The summed E-state index contributed by atoms with van der Waals surface area (Å²) in [6.45, 7) is 6.86. The van der Waals surface area contributed by atoms with Gasteiger partial charge in [0, 0.05) is 19.6 Å². The maximum absolute atomic E-state index is 13.7. The van der Waals surface area contributed by atoms with Gasteiger partial charge in [-0.2, -0.15) is 4.98 Å². The Balaban J connectivity index is 2.98. The summed E-state index contributed by atoms with van der Waals surface area (Å²) in [5, 5.41) is 2.99. The molecule has 1 N–H and O–H groups in total. The van der Waals surface area contributed by atoms with Crippen LogP contribution in [-0.4, -0.2) is 29.6 Å². The molecule has 4 nitrogen and oxygen atoms in total. The first-order valence-corrected chi connectivity index (χ1v) is 6.13. The van der Waals surface area contributed by atoms with E-state index in [1.807, 2.05) is 18.9 Å². The third-order valence-corrected chi connectivity index (χ3v) is 2.88. The molecule has 0 bridgehead atoms. The predicted octanol–water partition coefficient (Wildman–Crippen LogP) is 2.67. The second-order valence-corrected chi connectivity index (χ2v) is 3.98. The summed E-state index contributed by atoms with van der Waals surface area (Å²) in [5.74, 6) is 0.465. The zero-order valence-electron chi connectivity index (χ0n) is 11.0. The number of aromatic nitrogens is 2. The van der Waals surface area contributed by atoms with Crippen LogP contribution in [0.4, 0.5) is 16.2 Å². The summed E-state index contributed by atoms with van der Waals surface area (Å²) in [4.78, 5) is 9.99. The van der Waals surface area contributed by atoms with Crippen LogP contribution in [0.2, 0.25) is 0 Å². The van der Waals surface area contributed by atoms with E-state index in [9.17, 15) is 4.39 Å². The Labute approximate surface area is 102 Å². The van der Waals surface area contributed by atoms with E-state index in [-0.39, 0.29) is 5.82 Å². The van der Waals surface area contributed by atoms with Crippen molar-refractivity contribution < 1.29 is 4.39 Å². The van der Waals surface area contributed by atoms with Crippen LogP contribution in [0.5, 0.6) is 0 Å². The van der Waals surface area contributed by atoms with Gasteiger partial charge < -0.3 is 10.2 Å². The van der Waals surface area contributed by atoms with Crippen LogP contribution in [0, 0.1) is 5.82 Å². The lowest BCUT2D eigenvalue weighted by Gasteiger charge is -2.27. The monoisotopic (exact) mass is 240 g/mol. The maximum Gasteiger partial charge on any atom is 0.224 e. The Kier molecular flexibility index (Phi) is 5.12. The molecule has 0 atom stereocenters. The summed E-state index contributed by atoms with van der Waals surface area (Å²) in [7, 11) is 1.87. The fourth-order valence-electron chi connectivity index (χ4n) is 1.86. The zero-order chi connectivity index (χ0) is 12.8. The Morgan fingerprint density at radius 3 is 2.53 bits per heavy atom. The van der Waals surface area contributed by atoms with Crippen LogP contribution in [0.1, 0.15) is 33.6 Å². The van der Waals surface area contributed by atoms with E-state index < -0.39 is 0 Å². The highest BCUT2D eigenvalue weighted by molar-refractivity contribution is 5.44. The van der Waals surface area contributed by atoms with Crippen molar-refractivity contribution in [3.63, 3.8) is 0 Å². The molecule has 1 aromatic heterocycles. The predicted molar refractivity (Wildman–Crippen MR) is 68.9 cm³/mol. The number of nitrogens with one attached hydrogen (secondary N) is 1. The quantitative estimate of drug-likeness (QED) is 0.830. The summed E-state index contributed by atoms with van der Waals surface area (Å²) >= 11 is 0. The molecule has 5 heteroatoms. The zero-order valence-corrected chi connectivity index (χ0v) is 11.0. The summed E-state index contributed by atoms with van der Waals surface area (Å²) in [6, 6.07) is 0.300. The molecule has 17 heavy (non-hydrogen) atoms. The summed E-state index contributed by atoms with van der Waals surface area (Å²) in [5.41, 5.74) is 0. The van der Waals surface area contributed by atoms with Crippen molar-refractivity contribution in [2.45, 2.75) is 39.7 Å². The fourth-order valence-corrected chi connectivity index (χ4v) is 1.86. The first-order chi connectivity index (χ1) is 8.13. The second-order valence-electron chi connectivity index (χ2n) is 3.98. The average molecular weight is 240 g/mol. The number of nitrogens with zero attached hydrogens (tertiary/aromatic N) is 3. The highest BCUT2D eigenvalue weighted by atomic mass is 19.1. The van der Waals surface area contributed by atoms with Crippen molar-refractivity contribution in [3.05, 3.63) is 12.0 Å². The smallest absolute Gasteiger partial charge is 0.224 e. The number of hydrogen-bond donors (Lipinski definition) is 1. The number of rotatable bonds is 6. The summed E-state index contributed by atoms with van der Waals surface area (Å²) < 4.78 is 13.7. The SMILES string of the molecule is CCNc1ncc(F)c(N(C)C(CC)CC)n1. The molecule has 1 rings (SSSR count). The Bertz CT molecular complexity index is 352. The molecule has 96 valence electrons. The minimum absolute atomic E-state index is 0.300. The van der Waals surface area contributed by atoms with Crippen molar-refractivity contribution in [3.8, 4) is 0 Å². The lowest BCUT2D eigenvalue weighted by molar-refractivity contribution is 0.555. The third-order valence-electron chi connectivity index (χ3n) is 2.88. The first kappa shape index (κ1) is 13.7. The normalized spacial score (nSPS) is 10.7. The van der Waals surface area contributed by atoms with E-state index in [0.717, 1.165) is 19.4 Å². The highest BCUT2D eigenvalue weighted by Crippen LogP contribution is 2.20. The fraction of sp³-hybridized carbons (Fsp3) is 0.667. The first-order valence-electron chi connectivity index (χ1n) is 6.13. The Morgan fingerprint density at radius 2 is 2.00 bits per heavy atom. The van der Waals surface area contributed by atoms with Gasteiger partial charge in [-0.3, -0.25) is 0 Å². The van der Waals surface area contributed by atoms with Crippen LogP contribution in [0.15, 0.2) is 6.20 Å². The number of halogens is 1. The molecule has 0 fully saturated rings. The molecule has 0 radical (unpaired) electrons. The topological polar surface area (TPSA) is 41.1 Å². The van der Waals surface area contributed by atoms with Gasteiger partial charge in [-0.1, -0.05) is 13.8 Å². The molecule has 0 aliphatic carbocycles. The highest BCUT2D eigenvalue weighted by Gasteiger charge is 2.17. The largest absolute Gasteiger partial charge is 0.354 e. The third kappa shape index (κ3) is 3.28. The van der Waals surface area contributed by atoms with E-state index >= 15 is 0 Å². The van der Waals surface area contributed by atoms with Gasteiger partial charge in [-0.15, -0.1) is 0 Å². The standard InChI is InChI=1S/C12H21FN4/c1-5-9(6-2)17(4)11-10(13)8-15-12(16-11)14-7-3/h8-9H,5-7H2,1-4H3,(H,14,15,16).